The van der Waals surface area contributed by atoms with Crippen molar-refractivity contribution in [1.82, 2.24) is 9.80 Å². The summed E-state index contributed by atoms with van der Waals surface area (Å²) in [6.07, 6.45) is 10.6. The Morgan fingerprint density at radius 1 is 0.516 bits per heavy atom. The zero-order valence-corrected chi connectivity index (χ0v) is 22.6. The molecule has 0 heterocycles. The van der Waals surface area contributed by atoms with Crippen molar-refractivity contribution in [2.24, 2.45) is 0 Å². The van der Waals surface area contributed by atoms with E-state index in [0.29, 0.717) is 81.3 Å². The molecule has 0 saturated carbocycles. The van der Waals surface area contributed by atoms with Crippen molar-refractivity contribution in [3.05, 3.63) is 0 Å². The van der Waals surface area contributed by atoms with Gasteiger partial charge >= 0.3 is 0 Å². The second-order valence-corrected chi connectivity index (χ2v) is 10.6. The first-order valence-corrected chi connectivity index (χ1v) is 16.0. The molecule has 0 aromatic carbocycles. The molecule has 0 N–H and O–H groups in total. The fourth-order valence-electron chi connectivity index (χ4n) is 3.00. The van der Waals surface area contributed by atoms with Gasteiger partial charge in [0.2, 0.25) is 11.8 Å². The van der Waals surface area contributed by atoms with Gasteiger partial charge in [0, 0.05) is 39.0 Å². The van der Waals surface area contributed by atoms with Crippen LogP contribution in [0.25, 0.3) is 0 Å². The van der Waals surface area contributed by atoms with E-state index in [0.717, 1.165) is 0 Å². The number of hydrogen-bond acceptors (Lipinski definition) is 8. The molecule has 0 saturated heterocycles. The number of Topliss-reactive ketones (excluding diaryl/α,β-unsaturated/α-hetero) is 2. The summed E-state index contributed by atoms with van der Waals surface area (Å²) < 4.78 is 0. The van der Waals surface area contributed by atoms with Gasteiger partial charge in [0.05, 0.1) is 23.0 Å². The summed E-state index contributed by atoms with van der Waals surface area (Å²) in [6, 6.07) is 0. The highest BCUT2D eigenvalue weighted by atomic mass is 32.2. The fourth-order valence-corrected chi connectivity index (χ4v) is 4.80. The number of nitrogens with zero attached hydrogens (tertiary/aromatic N) is 2. The molecular formula is C21H38N2O4S4. The molecule has 0 atom stereocenters. The van der Waals surface area contributed by atoms with E-state index < -0.39 is 0 Å². The van der Waals surface area contributed by atoms with Crippen molar-refractivity contribution < 1.29 is 19.2 Å². The average Bonchev–Trinajstić information content (AvgIpc) is 2.72. The molecule has 0 radical (unpaired) electrons. The third-order valence-corrected chi connectivity index (χ3v) is 6.77. The highest BCUT2D eigenvalue weighted by Crippen LogP contribution is 2.08. The van der Waals surface area contributed by atoms with Crippen molar-refractivity contribution in [2.45, 2.75) is 32.1 Å². The topological polar surface area (TPSA) is 74.8 Å². The maximum Gasteiger partial charge on any atom is 0.232 e. The number of thioether (sulfide) groups is 4. The Morgan fingerprint density at radius 2 is 0.839 bits per heavy atom. The Labute approximate surface area is 205 Å². The zero-order chi connectivity index (χ0) is 23.5. The third kappa shape index (κ3) is 16.0. The second-order valence-electron chi connectivity index (χ2n) is 7.13. The Balaban J connectivity index is 4.68. The van der Waals surface area contributed by atoms with E-state index in [1.807, 2.05) is 34.8 Å². The maximum atomic E-state index is 12.5. The Hall–Kier alpha value is -0.320. The van der Waals surface area contributed by atoms with Crippen LogP contribution in [0.4, 0.5) is 0 Å². The SMILES string of the molecule is CSCC(=O)CCCN(CCCN(CCCC(=O)CSC)C(=O)CSC)C(=O)CSC. The minimum absolute atomic E-state index is 0.0782. The largest absolute Gasteiger partial charge is 0.342 e. The van der Waals surface area contributed by atoms with Crippen LogP contribution in [-0.4, -0.2) is 107 Å². The molecule has 6 nitrogen and oxygen atoms in total. The van der Waals surface area contributed by atoms with Crippen LogP contribution in [0.15, 0.2) is 0 Å². The molecule has 180 valence electrons. The first-order chi connectivity index (χ1) is 14.9. The highest BCUT2D eigenvalue weighted by Gasteiger charge is 2.17. The van der Waals surface area contributed by atoms with Crippen LogP contribution in [0, 0.1) is 0 Å². The summed E-state index contributed by atoms with van der Waals surface area (Å²) in [5.41, 5.74) is 0. The van der Waals surface area contributed by atoms with E-state index in [1.54, 1.807) is 0 Å². The quantitative estimate of drug-likeness (QED) is 0.247. The molecule has 0 aromatic heterocycles. The normalized spacial score (nSPS) is 10.7. The van der Waals surface area contributed by atoms with Crippen molar-refractivity contribution in [3.63, 3.8) is 0 Å². The molecule has 0 aliphatic rings. The van der Waals surface area contributed by atoms with Crippen molar-refractivity contribution >= 4 is 70.4 Å². The zero-order valence-electron chi connectivity index (χ0n) is 19.4. The lowest BCUT2D eigenvalue weighted by Gasteiger charge is -2.26. The summed E-state index contributed by atoms with van der Waals surface area (Å²) in [4.78, 5) is 52.1. The Morgan fingerprint density at radius 3 is 1.16 bits per heavy atom. The van der Waals surface area contributed by atoms with Gasteiger partial charge in [0.15, 0.2) is 0 Å². The number of carbonyl (C=O) groups is 4. The predicted molar refractivity (Wildman–Crippen MR) is 140 cm³/mol. The summed E-state index contributed by atoms with van der Waals surface area (Å²) in [5, 5.41) is 0. The Bertz CT molecular complexity index is 503. The molecule has 31 heavy (non-hydrogen) atoms. The van der Waals surface area contributed by atoms with Crippen LogP contribution in [0.2, 0.25) is 0 Å². The number of ketones is 2. The Kier molecular flexibility index (Phi) is 20.1. The number of carbonyl (C=O) groups excluding carboxylic acids is 4. The van der Waals surface area contributed by atoms with E-state index in [9.17, 15) is 19.2 Å². The van der Waals surface area contributed by atoms with Gasteiger partial charge in [0.25, 0.3) is 0 Å². The average molecular weight is 511 g/mol. The van der Waals surface area contributed by atoms with Crippen molar-refractivity contribution in [2.75, 3.05) is 74.2 Å². The van der Waals surface area contributed by atoms with E-state index in [4.69, 9.17) is 0 Å². The lowest BCUT2D eigenvalue weighted by molar-refractivity contribution is -0.130. The molecule has 0 rings (SSSR count). The van der Waals surface area contributed by atoms with E-state index in [1.165, 1.54) is 47.0 Å². The van der Waals surface area contributed by atoms with Crippen LogP contribution in [0.1, 0.15) is 32.1 Å². The van der Waals surface area contributed by atoms with Crippen LogP contribution >= 0.6 is 47.0 Å². The summed E-state index contributed by atoms with van der Waals surface area (Å²) >= 11 is 6.03. The first-order valence-electron chi connectivity index (χ1n) is 10.4. The molecule has 0 fully saturated rings. The van der Waals surface area contributed by atoms with Crippen LogP contribution in [0.3, 0.4) is 0 Å². The standard InChI is InChI=1S/C21H38N2O4S4/c1-28-14-18(24)8-5-10-22(20(26)16-30-3)12-7-13-23(21(27)17-31-4)11-6-9-19(25)15-29-2/h5-17H2,1-4H3. The fraction of sp³-hybridized carbons (Fsp3) is 0.810. The summed E-state index contributed by atoms with van der Waals surface area (Å²) in [5.74, 6) is 2.47. The summed E-state index contributed by atoms with van der Waals surface area (Å²) in [7, 11) is 0. The molecule has 10 heteroatoms. The molecular weight excluding hydrogens is 473 g/mol. The molecule has 0 aliphatic carbocycles. The van der Waals surface area contributed by atoms with Gasteiger partial charge < -0.3 is 9.80 Å². The van der Waals surface area contributed by atoms with Crippen LogP contribution in [-0.2, 0) is 19.2 Å². The molecule has 0 unspecified atom stereocenters. The first kappa shape index (κ1) is 30.7. The second kappa shape index (κ2) is 20.3. The molecule has 0 aliphatic heterocycles. The maximum absolute atomic E-state index is 12.5. The van der Waals surface area contributed by atoms with Crippen LogP contribution < -0.4 is 0 Å². The van der Waals surface area contributed by atoms with Gasteiger partial charge in [-0.3, -0.25) is 19.2 Å². The highest BCUT2D eigenvalue weighted by molar-refractivity contribution is 7.99. The third-order valence-electron chi connectivity index (χ3n) is 4.48. The number of amides is 2. The molecule has 0 bridgehead atoms. The van der Waals surface area contributed by atoms with Gasteiger partial charge in [-0.2, -0.15) is 47.0 Å². The molecule has 0 spiro atoms. The minimum Gasteiger partial charge on any atom is -0.342 e. The minimum atomic E-state index is 0.0782. The van der Waals surface area contributed by atoms with Crippen molar-refractivity contribution in [3.8, 4) is 0 Å². The van der Waals surface area contributed by atoms with Crippen molar-refractivity contribution in [1.29, 1.82) is 0 Å². The molecule has 2 amide bonds. The lowest BCUT2D eigenvalue weighted by Crippen LogP contribution is -2.39. The van der Waals surface area contributed by atoms with Crippen LogP contribution in [0.5, 0.6) is 0 Å². The van der Waals surface area contributed by atoms with E-state index in [2.05, 4.69) is 0 Å². The summed E-state index contributed by atoms with van der Waals surface area (Å²) in [6.45, 7) is 2.29. The monoisotopic (exact) mass is 510 g/mol. The number of rotatable bonds is 20. The number of hydrogen-bond donors (Lipinski definition) is 0. The van der Waals surface area contributed by atoms with Gasteiger partial charge in [0.1, 0.15) is 11.6 Å². The van der Waals surface area contributed by atoms with E-state index in [-0.39, 0.29) is 23.4 Å². The van der Waals surface area contributed by atoms with Gasteiger partial charge in [-0.15, -0.1) is 0 Å². The molecule has 0 aromatic rings. The van der Waals surface area contributed by atoms with Gasteiger partial charge in [-0.05, 0) is 44.3 Å². The van der Waals surface area contributed by atoms with Gasteiger partial charge in [-0.1, -0.05) is 0 Å². The predicted octanol–water partition coefficient (Wildman–Crippen LogP) is 3.18. The van der Waals surface area contributed by atoms with Gasteiger partial charge in [-0.25, -0.2) is 0 Å². The lowest BCUT2D eigenvalue weighted by atomic mass is 10.2. The smallest absolute Gasteiger partial charge is 0.232 e. The van der Waals surface area contributed by atoms with E-state index >= 15 is 0 Å².